The molecule has 0 saturated heterocycles. The lowest BCUT2D eigenvalue weighted by molar-refractivity contribution is -0.501. The van der Waals surface area contributed by atoms with Crippen molar-refractivity contribution in [1.82, 2.24) is 0 Å². The minimum atomic E-state index is -1.14. The summed E-state index contributed by atoms with van der Waals surface area (Å²) in [6, 6.07) is 0. The molecule has 0 aromatic rings. The monoisotopic (exact) mass is 149 g/mol. The predicted molar refractivity (Wildman–Crippen MR) is 29.1 cm³/mol. The Morgan fingerprint density at radius 3 is 2.10 bits per heavy atom. The first-order chi connectivity index (χ1) is 4.45. The lowest BCUT2D eigenvalue weighted by Gasteiger charge is -2.16. The molecule has 0 saturated carbocycles. The molecule has 0 aliphatic rings. The van der Waals surface area contributed by atoms with E-state index < -0.39 is 11.8 Å². The van der Waals surface area contributed by atoms with Gasteiger partial charge < -0.3 is 4.74 Å². The van der Waals surface area contributed by atoms with Gasteiger partial charge in [0.15, 0.2) is 0 Å². The predicted octanol–water partition coefficient (Wildman–Crippen LogP) is 1.22. The van der Waals surface area contributed by atoms with E-state index in [1.807, 2.05) is 0 Å². The molecule has 10 heavy (non-hydrogen) atoms. The zero-order valence-electron chi connectivity index (χ0n) is 6.04. The molecule has 5 heteroatoms. The third-order valence-electron chi connectivity index (χ3n) is 0.492. The van der Waals surface area contributed by atoms with Crippen molar-refractivity contribution in [3.63, 3.8) is 0 Å². The Morgan fingerprint density at radius 1 is 1.30 bits per heavy atom. The highest BCUT2D eigenvalue weighted by atomic mass is 17.5. The molecule has 0 spiro atoms. The number of hydrogen-bond donors (Lipinski definition) is 0. The molecule has 59 valence electrons. The fourth-order valence-electron chi connectivity index (χ4n) is 0.295. The molecule has 0 amide bonds. The van der Waals surface area contributed by atoms with E-state index in [4.69, 9.17) is 0 Å². The van der Waals surface area contributed by atoms with Gasteiger partial charge in [-0.25, -0.2) is 9.68 Å². The van der Waals surface area contributed by atoms with Gasteiger partial charge in [-0.1, -0.05) is 0 Å². The molecule has 0 aliphatic heterocycles. The van der Waals surface area contributed by atoms with Crippen LogP contribution in [-0.4, -0.2) is 11.8 Å². The smallest absolute Gasteiger partial charge is 0.427 e. The number of ether oxygens (including phenoxy) is 1. The Morgan fingerprint density at radius 2 is 1.80 bits per heavy atom. The summed E-state index contributed by atoms with van der Waals surface area (Å²) in [4.78, 5) is 13.8. The quantitative estimate of drug-likeness (QED) is 0.319. The van der Waals surface area contributed by atoms with Gasteiger partial charge in [-0.3, -0.25) is 0 Å². The summed E-state index contributed by atoms with van der Waals surface area (Å²) in [5.41, 5.74) is -0.671. The molecule has 0 rings (SSSR count). The second-order valence-electron chi connectivity index (χ2n) is 2.62. The Kier molecular flexibility index (Phi) is 3.11. The van der Waals surface area contributed by atoms with E-state index in [0.717, 1.165) is 0 Å². The maximum Gasteiger partial charge on any atom is 0.543 e. The highest BCUT2D eigenvalue weighted by Gasteiger charge is 2.18. The largest absolute Gasteiger partial charge is 0.543 e. The van der Waals surface area contributed by atoms with Crippen LogP contribution in [-0.2, 0) is 19.9 Å². The first-order valence-electron chi connectivity index (χ1n) is 2.65. The normalized spacial score (nSPS) is 10.8. The van der Waals surface area contributed by atoms with Crippen LogP contribution in [0.25, 0.3) is 0 Å². The van der Waals surface area contributed by atoms with Gasteiger partial charge >= 0.3 is 6.16 Å². The van der Waals surface area contributed by atoms with Crippen molar-refractivity contribution < 1.29 is 24.7 Å². The SMILES string of the molecule is CC(C)(C)OC(=O)OO[O]. The van der Waals surface area contributed by atoms with Crippen molar-refractivity contribution >= 4 is 6.16 Å². The van der Waals surface area contributed by atoms with Crippen LogP contribution in [0.5, 0.6) is 0 Å². The first-order valence-corrected chi connectivity index (χ1v) is 2.65. The minimum Gasteiger partial charge on any atom is -0.427 e. The summed E-state index contributed by atoms with van der Waals surface area (Å²) in [5, 5.41) is 12.0. The summed E-state index contributed by atoms with van der Waals surface area (Å²) in [6.07, 6.45) is -1.14. The highest BCUT2D eigenvalue weighted by molar-refractivity contribution is 5.59. The fraction of sp³-hybridized carbons (Fsp3) is 0.800. The third kappa shape index (κ3) is 5.33. The van der Waals surface area contributed by atoms with Crippen molar-refractivity contribution in [2.45, 2.75) is 26.4 Å². The van der Waals surface area contributed by atoms with Gasteiger partial charge in [-0.2, -0.15) is 0 Å². The lowest BCUT2D eigenvalue weighted by atomic mass is 10.2. The Bertz CT molecular complexity index is 114. The molecular weight excluding hydrogens is 140 g/mol. The van der Waals surface area contributed by atoms with Crippen LogP contribution in [0.15, 0.2) is 0 Å². The summed E-state index contributed by atoms with van der Waals surface area (Å²) in [6.45, 7) is 4.91. The maximum absolute atomic E-state index is 10.3. The average Bonchev–Trinajstić information content (AvgIpc) is 1.59. The number of carbonyl (C=O) groups is 1. The van der Waals surface area contributed by atoms with Gasteiger partial charge in [0.2, 0.25) is 0 Å². The van der Waals surface area contributed by atoms with Gasteiger partial charge in [-0.05, 0) is 20.8 Å². The van der Waals surface area contributed by atoms with Crippen molar-refractivity contribution in [2.75, 3.05) is 0 Å². The topological polar surface area (TPSA) is 64.7 Å². The molecule has 0 bridgehead atoms. The molecular formula is C5H9O5. The second kappa shape index (κ2) is 3.38. The molecule has 5 nitrogen and oxygen atoms in total. The molecule has 0 aromatic heterocycles. The van der Waals surface area contributed by atoms with E-state index >= 15 is 0 Å². The number of hydrogen-bond acceptors (Lipinski definition) is 4. The third-order valence-corrected chi connectivity index (χ3v) is 0.492. The molecule has 0 aromatic carbocycles. The molecule has 0 fully saturated rings. The fourth-order valence-corrected chi connectivity index (χ4v) is 0.295. The van der Waals surface area contributed by atoms with Gasteiger partial charge in [0.05, 0.1) is 0 Å². The molecule has 0 atom stereocenters. The summed E-state index contributed by atoms with van der Waals surface area (Å²) in [7, 11) is 0. The van der Waals surface area contributed by atoms with Crippen LogP contribution in [0, 0.1) is 0 Å². The molecule has 0 heterocycles. The van der Waals surface area contributed by atoms with Crippen LogP contribution in [0.2, 0.25) is 0 Å². The van der Waals surface area contributed by atoms with E-state index in [1.54, 1.807) is 20.8 Å². The highest BCUT2D eigenvalue weighted by Crippen LogP contribution is 2.07. The molecule has 0 unspecified atom stereocenters. The van der Waals surface area contributed by atoms with Crippen LogP contribution in [0.3, 0.4) is 0 Å². The van der Waals surface area contributed by atoms with Crippen molar-refractivity contribution in [3.05, 3.63) is 0 Å². The number of rotatable bonds is 1. The average molecular weight is 149 g/mol. The van der Waals surface area contributed by atoms with E-state index in [1.165, 1.54) is 0 Å². The minimum absolute atomic E-state index is 0.671. The van der Waals surface area contributed by atoms with Crippen LogP contribution in [0.4, 0.5) is 4.79 Å². The van der Waals surface area contributed by atoms with Gasteiger partial charge in [0.25, 0.3) is 0 Å². The second-order valence-corrected chi connectivity index (χ2v) is 2.62. The standard InChI is InChI=1S/C5H9O5/c1-5(2,3)8-4(6)9-10-7/h1-3H3. The Balaban J connectivity index is 3.58. The van der Waals surface area contributed by atoms with Gasteiger partial charge in [0.1, 0.15) is 5.60 Å². The summed E-state index contributed by atoms with van der Waals surface area (Å²) >= 11 is 0. The van der Waals surface area contributed by atoms with Crippen LogP contribution in [0.1, 0.15) is 20.8 Å². The molecule has 1 radical (unpaired) electrons. The van der Waals surface area contributed by atoms with Crippen molar-refractivity contribution in [2.24, 2.45) is 0 Å². The van der Waals surface area contributed by atoms with E-state index in [2.05, 4.69) is 14.7 Å². The van der Waals surface area contributed by atoms with E-state index in [0.29, 0.717) is 0 Å². The Labute approximate surface area is 58.4 Å². The van der Waals surface area contributed by atoms with Gasteiger partial charge in [-0.15, -0.1) is 0 Å². The van der Waals surface area contributed by atoms with E-state index in [-0.39, 0.29) is 0 Å². The van der Waals surface area contributed by atoms with E-state index in [9.17, 15) is 10.1 Å². The lowest BCUT2D eigenvalue weighted by Crippen LogP contribution is -2.24. The molecule has 0 N–H and O–H groups in total. The maximum atomic E-state index is 10.3. The van der Waals surface area contributed by atoms with Crippen molar-refractivity contribution in [3.8, 4) is 0 Å². The number of carbonyl (C=O) groups excluding carboxylic acids is 1. The molecule has 0 aliphatic carbocycles. The zero-order chi connectivity index (χ0) is 8.20. The zero-order valence-corrected chi connectivity index (χ0v) is 6.04. The Hall–Kier alpha value is -0.810. The first kappa shape index (κ1) is 9.19. The van der Waals surface area contributed by atoms with Crippen molar-refractivity contribution in [1.29, 1.82) is 0 Å². The summed E-state index contributed by atoms with van der Waals surface area (Å²) < 4.78 is 4.49. The van der Waals surface area contributed by atoms with Crippen LogP contribution < -0.4 is 0 Å². The van der Waals surface area contributed by atoms with Gasteiger partial charge in [0, 0.05) is 10.3 Å². The van der Waals surface area contributed by atoms with Crippen LogP contribution >= 0.6 is 0 Å². The summed E-state index contributed by atoms with van der Waals surface area (Å²) in [5.74, 6) is 0.